The van der Waals surface area contributed by atoms with Crippen molar-refractivity contribution in [3.63, 3.8) is 0 Å². The van der Waals surface area contributed by atoms with Crippen LogP contribution in [0.25, 0.3) is 16.2 Å². The van der Waals surface area contributed by atoms with Gasteiger partial charge in [-0.2, -0.15) is 4.98 Å². The first-order chi connectivity index (χ1) is 16.3. The van der Waals surface area contributed by atoms with Crippen LogP contribution >= 0.6 is 22.9 Å². The van der Waals surface area contributed by atoms with Gasteiger partial charge in [-0.3, -0.25) is 14.9 Å². The topological polar surface area (TPSA) is 88.8 Å². The molecule has 3 heterocycles. The van der Waals surface area contributed by atoms with E-state index in [0.717, 1.165) is 16.8 Å². The first-order valence-corrected chi connectivity index (χ1v) is 12.0. The van der Waals surface area contributed by atoms with Crippen molar-refractivity contribution < 1.29 is 14.3 Å². The van der Waals surface area contributed by atoms with Gasteiger partial charge in [0, 0.05) is 28.9 Å². The van der Waals surface area contributed by atoms with Crippen LogP contribution in [-0.4, -0.2) is 40.1 Å². The quantitative estimate of drug-likeness (QED) is 0.432. The lowest BCUT2D eigenvalue weighted by molar-refractivity contribution is -0.122. The lowest BCUT2D eigenvalue weighted by Crippen LogP contribution is -2.28. The lowest BCUT2D eigenvalue weighted by Gasteiger charge is -2.19. The molecule has 0 aliphatic carbocycles. The Kier molecular flexibility index (Phi) is 5.75. The Balaban J connectivity index is 1.35. The number of hydrogen-bond acceptors (Lipinski definition) is 6. The van der Waals surface area contributed by atoms with Gasteiger partial charge in [0.2, 0.25) is 22.7 Å². The molecule has 1 aliphatic heterocycles. The average Bonchev–Trinajstić information content (AvgIpc) is 3.48. The minimum absolute atomic E-state index is 0.0809. The molecule has 1 unspecified atom stereocenters. The van der Waals surface area contributed by atoms with Crippen LogP contribution in [0, 0.1) is 19.8 Å². The van der Waals surface area contributed by atoms with Crippen LogP contribution in [0.3, 0.4) is 0 Å². The molecule has 1 atom stereocenters. The van der Waals surface area contributed by atoms with Gasteiger partial charge in [0.25, 0.3) is 0 Å². The van der Waals surface area contributed by atoms with Crippen molar-refractivity contribution in [1.29, 1.82) is 0 Å². The second kappa shape index (κ2) is 8.73. The van der Waals surface area contributed by atoms with E-state index in [2.05, 4.69) is 47.4 Å². The Morgan fingerprint density at radius 1 is 1.24 bits per heavy atom. The lowest BCUT2D eigenvalue weighted by atomic mass is 10.0. The predicted octanol–water partition coefficient (Wildman–Crippen LogP) is 4.73. The van der Waals surface area contributed by atoms with Gasteiger partial charge in [0.15, 0.2) is 0 Å². The van der Waals surface area contributed by atoms with Crippen molar-refractivity contribution in [3.05, 3.63) is 57.9 Å². The molecule has 0 bridgehead atoms. The molecule has 4 aromatic rings. The molecule has 0 saturated carbocycles. The van der Waals surface area contributed by atoms with Gasteiger partial charge in [0.05, 0.1) is 24.4 Å². The molecule has 1 saturated heterocycles. The number of aromatic nitrogens is 3. The Hall–Kier alpha value is -3.43. The molecule has 1 aliphatic rings. The van der Waals surface area contributed by atoms with Gasteiger partial charge >= 0.3 is 0 Å². The smallest absolute Gasteiger partial charge is 0.250 e. The molecule has 1 fully saturated rings. The third-order valence-corrected chi connectivity index (χ3v) is 6.95. The summed E-state index contributed by atoms with van der Waals surface area (Å²) < 4.78 is 7.10. The number of carbonyl (C=O) groups is 2. The van der Waals surface area contributed by atoms with E-state index in [1.54, 1.807) is 22.7 Å². The molecular weight excluding hydrogens is 474 g/mol. The molecule has 0 spiro atoms. The number of methoxy groups -OCH3 is 1. The number of fused-ring (bicyclic) bond motifs is 1. The van der Waals surface area contributed by atoms with Crippen LogP contribution in [-0.2, 0) is 9.59 Å². The summed E-state index contributed by atoms with van der Waals surface area (Å²) in [4.78, 5) is 32.3. The number of anilines is 2. The minimum Gasteiger partial charge on any atom is -0.495 e. The molecule has 2 aromatic carbocycles. The number of ether oxygens (including phenoxy) is 1. The molecule has 34 heavy (non-hydrogen) atoms. The van der Waals surface area contributed by atoms with E-state index < -0.39 is 5.92 Å². The van der Waals surface area contributed by atoms with E-state index in [1.165, 1.54) is 28.9 Å². The number of nitrogens with one attached hydrogen (secondary N) is 1. The minimum atomic E-state index is -0.545. The summed E-state index contributed by atoms with van der Waals surface area (Å²) >= 11 is 7.57. The SMILES string of the molecule is COc1ccc(Cl)cc1N1CC(C(=O)Nc2nc3scc(-c4ccc(C)cc4C)n3n2)CC1=O. The molecule has 2 aromatic heterocycles. The number of halogens is 1. The predicted molar refractivity (Wildman–Crippen MR) is 133 cm³/mol. The number of benzene rings is 2. The first kappa shape index (κ1) is 22.4. The monoisotopic (exact) mass is 495 g/mol. The van der Waals surface area contributed by atoms with Gasteiger partial charge in [0.1, 0.15) is 5.75 Å². The number of thiazole rings is 1. The van der Waals surface area contributed by atoms with Crippen LogP contribution < -0.4 is 15.0 Å². The maximum Gasteiger partial charge on any atom is 0.250 e. The van der Waals surface area contributed by atoms with Crippen molar-refractivity contribution in [2.24, 2.45) is 5.92 Å². The highest BCUT2D eigenvalue weighted by Gasteiger charge is 2.37. The molecule has 0 radical (unpaired) electrons. The third-order valence-electron chi connectivity index (χ3n) is 5.90. The van der Waals surface area contributed by atoms with Gasteiger partial charge < -0.3 is 9.64 Å². The number of hydrogen-bond donors (Lipinski definition) is 1. The standard InChI is InChI=1S/C24H22ClN5O3S/c1-13-4-6-17(14(2)8-13)19-12-34-24-27-23(28-30(19)24)26-22(32)15-9-21(31)29(11-15)18-10-16(25)5-7-20(18)33-3/h4-8,10,12,15H,9,11H2,1-3H3,(H,26,28,32). The van der Waals surface area contributed by atoms with Gasteiger partial charge in [-0.1, -0.05) is 35.4 Å². The zero-order valence-electron chi connectivity index (χ0n) is 18.8. The van der Waals surface area contributed by atoms with E-state index in [9.17, 15) is 9.59 Å². The second-order valence-electron chi connectivity index (χ2n) is 8.28. The number of amides is 2. The Morgan fingerprint density at radius 3 is 2.82 bits per heavy atom. The molecule has 1 N–H and O–H groups in total. The highest BCUT2D eigenvalue weighted by atomic mass is 35.5. The van der Waals surface area contributed by atoms with Crippen LogP contribution in [0.1, 0.15) is 17.5 Å². The largest absolute Gasteiger partial charge is 0.495 e. The van der Waals surface area contributed by atoms with E-state index >= 15 is 0 Å². The fourth-order valence-electron chi connectivity index (χ4n) is 4.22. The number of carbonyl (C=O) groups excluding carboxylic acids is 2. The van der Waals surface area contributed by atoms with Crippen LogP contribution in [0.4, 0.5) is 11.6 Å². The highest BCUT2D eigenvalue weighted by Crippen LogP contribution is 2.35. The van der Waals surface area contributed by atoms with E-state index in [-0.39, 0.29) is 30.7 Å². The van der Waals surface area contributed by atoms with Gasteiger partial charge in [-0.05, 0) is 37.6 Å². The Morgan fingerprint density at radius 2 is 2.06 bits per heavy atom. The van der Waals surface area contributed by atoms with Crippen LogP contribution in [0.2, 0.25) is 5.02 Å². The Labute approximate surface area is 205 Å². The van der Waals surface area contributed by atoms with E-state index in [1.807, 2.05) is 5.38 Å². The summed E-state index contributed by atoms with van der Waals surface area (Å²) in [6.45, 7) is 4.33. The highest BCUT2D eigenvalue weighted by molar-refractivity contribution is 7.15. The molecule has 5 rings (SSSR count). The summed E-state index contributed by atoms with van der Waals surface area (Å²) in [5.41, 5.74) is 4.86. The zero-order valence-corrected chi connectivity index (χ0v) is 20.4. The summed E-state index contributed by atoms with van der Waals surface area (Å²) in [6.07, 6.45) is 0.0809. The van der Waals surface area contributed by atoms with Gasteiger partial charge in [-0.15, -0.1) is 16.4 Å². The zero-order chi connectivity index (χ0) is 24.0. The van der Waals surface area contributed by atoms with E-state index in [0.29, 0.717) is 21.4 Å². The van der Waals surface area contributed by atoms with E-state index in [4.69, 9.17) is 16.3 Å². The summed E-state index contributed by atoms with van der Waals surface area (Å²) in [6, 6.07) is 11.3. The number of rotatable bonds is 5. The fraction of sp³-hybridized carbons (Fsp3) is 0.250. The summed E-state index contributed by atoms with van der Waals surface area (Å²) in [5.74, 6) is -0.279. The summed E-state index contributed by atoms with van der Waals surface area (Å²) in [7, 11) is 1.53. The summed E-state index contributed by atoms with van der Waals surface area (Å²) in [5, 5.41) is 9.78. The fourth-order valence-corrected chi connectivity index (χ4v) is 5.21. The first-order valence-electron chi connectivity index (χ1n) is 10.7. The van der Waals surface area contributed by atoms with Crippen LogP contribution in [0.5, 0.6) is 5.75 Å². The molecule has 2 amide bonds. The van der Waals surface area contributed by atoms with Crippen molar-refractivity contribution in [2.45, 2.75) is 20.3 Å². The average molecular weight is 496 g/mol. The number of nitrogens with zero attached hydrogens (tertiary/aromatic N) is 4. The third kappa shape index (κ3) is 4.01. The molecule has 174 valence electrons. The van der Waals surface area contributed by atoms with Gasteiger partial charge in [-0.25, -0.2) is 4.52 Å². The molecular formula is C24H22ClN5O3S. The second-order valence-corrected chi connectivity index (χ2v) is 9.55. The van der Waals surface area contributed by atoms with Crippen LogP contribution in [0.15, 0.2) is 41.8 Å². The maximum absolute atomic E-state index is 13.0. The van der Waals surface area contributed by atoms with Crippen molar-refractivity contribution in [2.75, 3.05) is 23.9 Å². The molecule has 8 nitrogen and oxygen atoms in total. The number of aryl methyl sites for hydroxylation is 2. The maximum atomic E-state index is 13.0. The molecule has 10 heteroatoms. The normalized spacial score (nSPS) is 15.8. The van der Waals surface area contributed by atoms with Crippen molar-refractivity contribution in [3.8, 4) is 17.0 Å². The van der Waals surface area contributed by atoms with Crippen molar-refractivity contribution >= 4 is 51.3 Å². The Bertz CT molecular complexity index is 1430. The van der Waals surface area contributed by atoms with Crippen molar-refractivity contribution in [1.82, 2.24) is 14.6 Å².